The normalized spacial score (nSPS) is 32.6. The topological polar surface area (TPSA) is 32.7 Å². The number of rotatable bonds is 3. The van der Waals surface area contributed by atoms with Crippen LogP contribution in [0.15, 0.2) is 0 Å². The van der Waals surface area contributed by atoms with Crippen LogP contribution in [0.5, 0.6) is 0 Å². The highest BCUT2D eigenvalue weighted by Gasteiger charge is 2.43. The molecule has 2 heterocycles. The highest BCUT2D eigenvalue weighted by molar-refractivity contribution is 4.98. The first-order chi connectivity index (χ1) is 6.73. The fraction of sp³-hybridized carbons (Fsp3) is 1.00. The molecule has 1 N–H and O–H groups in total. The van der Waals surface area contributed by atoms with E-state index in [0.29, 0.717) is 6.04 Å². The van der Waals surface area contributed by atoms with Crippen LogP contribution in [0.2, 0.25) is 0 Å². The number of nitrogens with zero attached hydrogens (tertiary/aromatic N) is 1. The summed E-state index contributed by atoms with van der Waals surface area (Å²) in [7, 11) is 0. The van der Waals surface area contributed by atoms with E-state index in [1.54, 1.807) is 0 Å². The monoisotopic (exact) mass is 199 g/mol. The van der Waals surface area contributed by atoms with Gasteiger partial charge < -0.3 is 9.84 Å². The molecule has 2 fully saturated rings. The Morgan fingerprint density at radius 1 is 1.50 bits per heavy atom. The third-order valence-electron chi connectivity index (χ3n) is 3.36. The summed E-state index contributed by atoms with van der Waals surface area (Å²) in [6.45, 7) is 5.62. The molecule has 2 aliphatic heterocycles. The molecule has 1 unspecified atom stereocenters. The zero-order valence-electron chi connectivity index (χ0n) is 9.04. The van der Waals surface area contributed by atoms with Crippen LogP contribution in [0.4, 0.5) is 0 Å². The Morgan fingerprint density at radius 2 is 2.29 bits per heavy atom. The van der Waals surface area contributed by atoms with Crippen molar-refractivity contribution in [2.24, 2.45) is 0 Å². The molecule has 0 aromatic heterocycles. The van der Waals surface area contributed by atoms with Gasteiger partial charge in [0.05, 0.1) is 12.2 Å². The molecule has 0 amide bonds. The third kappa shape index (κ3) is 2.10. The zero-order chi connectivity index (χ0) is 10.0. The molecule has 0 aliphatic carbocycles. The van der Waals surface area contributed by atoms with Gasteiger partial charge in [0.25, 0.3) is 0 Å². The quantitative estimate of drug-likeness (QED) is 0.736. The number of hydrogen-bond donors (Lipinski definition) is 1. The maximum Gasteiger partial charge on any atom is 0.0900 e. The first-order valence-corrected chi connectivity index (χ1v) is 5.78. The van der Waals surface area contributed by atoms with Crippen molar-refractivity contribution in [1.29, 1.82) is 0 Å². The third-order valence-corrected chi connectivity index (χ3v) is 3.36. The van der Waals surface area contributed by atoms with Gasteiger partial charge in [-0.1, -0.05) is 13.3 Å². The smallest absolute Gasteiger partial charge is 0.0900 e. The van der Waals surface area contributed by atoms with Gasteiger partial charge in [0, 0.05) is 25.7 Å². The second-order valence-electron chi connectivity index (χ2n) is 4.75. The molecule has 0 radical (unpaired) electrons. The Morgan fingerprint density at radius 3 is 2.86 bits per heavy atom. The Balaban J connectivity index is 1.75. The molecule has 0 spiro atoms. The van der Waals surface area contributed by atoms with Gasteiger partial charge in [-0.2, -0.15) is 0 Å². The molecule has 2 saturated heterocycles. The van der Waals surface area contributed by atoms with Crippen molar-refractivity contribution in [3.05, 3.63) is 0 Å². The SMILES string of the molecule is CCCC1(O)CN(C2CCCOC2)C1. The summed E-state index contributed by atoms with van der Waals surface area (Å²) < 4.78 is 5.44. The Bertz CT molecular complexity index is 184. The lowest BCUT2D eigenvalue weighted by atomic mass is 9.87. The van der Waals surface area contributed by atoms with Crippen molar-refractivity contribution in [2.45, 2.75) is 44.2 Å². The summed E-state index contributed by atoms with van der Waals surface area (Å²) in [5, 5.41) is 10.0. The van der Waals surface area contributed by atoms with E-state index in [4.69, 9.17) is 4.74 Å². The molecule has 0 aromatic rings. The second-order valence-corrected chi connectivity index (χ2v) is 4.75. The molecular formula is C11H21NO2. The zero-order valence-corrected chi connectivity index (χ0v) is 9.04. The molecule has 0 aromatic carbocycles. The van der Waals surface area contributed by atoms with E-state index in [1.807, 2.05) is 0 Å². The van der Waals surface area contributed by atoms with Gasteiger partial charge in [-0.05, 0) is 19.3 Å². The van der Waals surface area contributed by atoms with Crippen LogP contribution in [0.25, 0.3) is 0 Å². The first-order valence-electron chi connectivity index (χ1n) is 5.78. The Labute approximate surface area is 86.0 Å². The summed E-state index contributed by atoms with van der Waals surface area (Å²) in [4.78, 5) is 2.37. The second kappa shape index (κ2) is 4.17. The molecule has 0 bridgehead atoms. The van der Waals surface area contributed by atoms with Crippen LogP contribution in [0.1, 0.15) is 32.6 Å². The van der Waals surface area contributed by atoms with Crippen molar-refractivity contribution in [2.75, 3.05) is 26.3 Å². The number of β-amino-alcohol motifs (C(OH)–C–C–N with tert-alkyl or cyclic N) is 1. The number of aliphatic hydroxyl groups is 1. The molecule has 14 heavy (non-hydrogen) atoms. The fourth-order valence-corrected chi connectivity index (χ4v) is 2.60. The summed E-state index contributed by atoms with van der Waals surface area (Å²) in [6.07, 6.45) is 4.43. The van der Waals surface area contributed by atoms with Gasteiger partial charge >= 0.3 is 0 Å². The molecule has 82 valence electrons. The summed E-state index contributed by atoms with van der Waals surface area (Å²) in [5.74, 6) is 0. The van der Waals surface area contributed by atoms with Crippen molar-refractivity contribution in [3.8, 4) is 0 Å². The van der Waals surface area contributed by atoms with E-state index >= 15 is 0 Å². The van der Waals surface area contributed by atoms with E-state index in [1.165, 1.54) is 12.8 Å². The van der Waals surface area contributed by atoms with Gasteiger partial charge in [-0.25, -0.2) is 0 Å². The minimum atomic E-state index is -0.383. The first kappa shape index (κ1) is 10.4. The van der Waals surface area contributed by atoms with Gasteiger partial charge in [0.15, 0.2) is 0 Å². The van der Waals surface area contributed by atoms with Crippen LogP contribution in [0, 0.1) is 0 Å². The molecule has 3 nitrogen and oxygen atoms in total. The van der Waals surface area contributed by atoms with E-state index in [-0.39, 0.29) is 5.60 Å². The van der Waals surface area contributed by atoms with Crippen LogP contribution >= 0.6 is 0 Å². The molecule has 1 atom stereocenters. The van der Waals surface area contributed by atoms with Gasteiger partial charge in [0.1, 0.15) is 0 Å². The minimum Gasteiger partial charge on any atom is -0.387 e. The average molecular weight is 199 g/mol. The number of ether oxygens (including phenoxy) is 1. The van der Waals surface area contributed by atoms with E-state index < -0.39 is 0 Å². The molecule has 2 aliphatic rings. The molecule has 3 heteroatoms. The molecular weight excluding hydrogens is 178 g/mol. The largest absolute Gasteiger partial charge is 0.387 e. The van der Waals surface area contributed by atoms with Crippen molar-refractivity contribution in [1.82, 2.24) is 4.90 Å². The van der Waals surface area contributed by atoms with Crippen molar-refractivity contribution >= 4 is 0 Å². The lowest BCUT2D eigenvalue weighted by Gasteiger charge is -2.51. The molecule has 0 saturated carbocycles. The highest BCUT2D eigenvalue weighted by Crippen LogP contribution is 2.29. The fourth-order valence-electron chi connectivity index (χ4n) is 2.60. The van der Waals surface area contributed by atoms with Crippen LogP contribution in [0.3, 0.4) is 0 Å². The van der Waals surface area contributed by atoms with E-state index in [2.05, 4.69) is 11.8 Å². The summed E-state index contributed by atoms with van der Waals surface area (Å²) in [6, 6.07) is 0.570. The Hall–Kier alpha value is -0.120. The average Bonchev–Trinajstić information content (AvgIpc) is 2.16. The maximum absolute atomic E-state index is 10.0. The highest BCUT2D eigenvalue weighted by atomic mass is 16.5. The van der Waals surface area contributed by atoms with Gasteiger partial charge in [0.2, 0.25) is 0 Å². The van der Waals surface area contributed by atoms with E-state index in [9.17, 15) is 5.11 Å². The maximum atomic E-state index is 10.0. The van der Waals surface area contributed by atoms with Crippen LogP contribution in [-0.2, 0) is 4.74 Å². The van der Waals surface area contributed by atoms with Crippen LogP contribution in [-0.4, -0.2) is 48.0 Å². The predicted octanol–water partition coefficient (Wildman–Crippen LogP) is 1.01. The summed E-state index contributed by atoms with van der Waals surface area (Å²) in [5.41, 5.74) is -0.383. The number of likely N-dealkylation sites (tertiary alicyclic amines) is 1. The lowest BCUT2D eigenvalue weighted by Crippen LogP contribution is -2.65. The van der Waals surface area contributed by atoms with E-state index in [0.717, 1.165) is 39.1 Å². The number of hydrogen-bond acceptors (Lipinski definition) is 3. The summed E-state index contributed by atoms with van der Waals surface area (Å²) >= 11 is 0. The van der Waals surface area contributed by atoms with Gasteiger partial charge in [-0.15, -0.1) is 0 Å². The van der Waals surface area contributed by atoms with Crippen molar-refractivity contribution in [3.63, 3.8) is 0 Å². The van der Waals surface area contributed by atoms with Crippen molar-refractivity contribution < 1.29 is 9.84 Å². The predicted molar refractivity (Wildman–Crippen MR) is 55.3 cm³/mol. The Kier molecular flexibility index (Phi) is 3.10. The van der Waals surface area contributed by atoms with Crippen LogP contribution < -0.4 is 0 Å². The van der Waals surface area contributed by atoms with Gasteiger partial charge in [-0.3, -0.25) is 4.90 Å². The lowest BCUT2D eigenvalue weighted by molar-refractivity contribution is -0.137. The minimum absolute atomic E-state index is 0.383. The standard InChI is InChI=1S/C11H21NO2/c1-2-5-11(13)8-12(9-11)10-4-3-6-14-7-10/h10,13H,2-9H2,1H3. The molecule has 2 rings (SSSR count).